The van der Waals surface area contributed by atoms with Crippen LogP contribution in [0.25, 0.3) is 72.0 Å². The number of rotatable bonds is 7. The minimum absolute atomic E-state index is 0.272. The van der Waals surface area contributed by atoms with E-state index in [-0.39, 0.29) is 5.56 Å². The van der Waals surface area contributed by atoms with E-state index in [2.05, 4.69) is 20.0 Å². The molecule has 0 bridgehead atoms. The first-order valence-electron chi connectivity index (χ1n) is 17.9. The summed E-state index contributed by atoms with van der Waals surface area (Å²) in [5.74, 6) is 0. The fourth-order valence-corrected chi connectivity index (χ4v) is 7.99. The standard InChI is InChI=1S/C47H33F5N4S/c1-30-5-13-34(14-6-30)42-44(36-15-11-33(29-53)12-16-36)55(39-23-7-31(2)8-24-39)47-43(35-19-27-41(28-20-35)57(48,49,50,51)52)45(37-17-21-38(54-4)22-18-37)56(46(42)47)40-25-9-32(3)10-26-40/h5-28H,1-3H3. The van der Waals surface area contributed by atoms with Gasteiger partial charge in [0.2, 0.25) is 0 Å². The third-order valence-electron chi connectivity index (χ3n) is 10.1. The second-order valence-electron chi connectivity index (χ2n) is 14.2. The summed E-state index contributed by atoms with van der Waals surface area (Å²) in [6.45, 7) is 13.5. The van der Waals surface area contributed by atoms with Crippen LogP contribution < -0.4 is 0 Å². The van der Waals surface area contributed by atoms with Crippen LogP contribution in [0, 0.1) is 38.7 Å². The van der Waals surface area contributed by atoms with Crippen LogP contribution in [0.3, 0.4) is 0 Å². The highest BCUT2D eigenvalue weighted by atomic mass is 32.5. The van der Waals surface area contributed by atoms with Gasteiger partial charge >= 0.3 is 10.2 Å². The minimum Gasteiger partial charge on any atom is -0.306 e. The van der Waals surface area contributed by atoms with Crippen LogP contribution in [0.4, 0.5) is 25.1 Å². The van der Waals surface area contributed by atoms with Crippen LogP contribution in [0.15, 0.2) is 150 Å². The zero-order chi connectivity index (χ0) is 40.3. The molecule has 282 valence electrons. The van der Waals surface area contributed by atoms with E-state index in [1.807, 2.05) is 106 Å². The molecule has 0 amide bonds. The first kappa shape index (κ1) is 37.1. The Bertz CT molecular complexity index is 2870. The number of nitriles is 1. The highest BCUT2D eigenvalue weighted by molar-refractivity contribution is 8.45. The summed E-state index contributed by atoms with van der Waals surface area (Å²) >= 11 is 0. The van der Waals surface area contributed by atoms with Gasteiger partial charge in [-0.2, -0.15) is 5.26 Å². The molecular formula is C47H33F5N4S. The van der Waals surface area contributed by atoms with Gasteiger partial charge in [-0.1, -0.05) is 133 Å². The van der Waals surface area contributed by atoms with E-state index in [1.165, 1.54) is 0 Å². The molecule has 0 unspecified atom stereocenters. The largest absolute Gasteiger partial charge is 0.310 e. The van der Waals surface area contributed by atoms with Gasteiger partial charge in [-0.05, 0) is 91.6 Å². The molecule has 8 rings (SSSR count). The average molecular weight is 781 g/mol. The van der Waals surface area contributed by atoms with Gasteiger partial charge in [0.25, 0.3) is 0 Å². The van der Waals surface area contributed by atoms with Crippen molar-refractivity contribution in [3.63, 3.8) is 0 Å². The van der Waals surface area contributed by atoms with Gasteiger partial charge < -0.3 is 9.13 Å². The molecule has 6 aromatic carbocycles. The topological polar surface area (TPSA) is 38.0 Å². The Hall–Kier alpha value is -6.88. The van der Waals surface area contributed by atoms with Gasteiger partial charge in [-0.15, -0.1) is 0 Å². The Morgan fingerprint density at radius 3 is 1.21 bits per heavy atom. The Labute approximate surface area is 326 Å². The van der Waals surface area contributed by atoms with Crippen molar-refractivity contribution in [2.75, 3.05) is 0 Å². The van der Waals surface area contributed by atoms with E-state index in [0.29, 0.717) is 51.2 Å². The maximum absolute atomic E-state index is 14.2. The third kappa shape index (κ3) is 6.75. The van der Waals surface area contributed by atoms with Crippen molar-refractivity contribution in [2.24, 2.45) is 0 Å². The molecule has 0 aliphatic rings. The van der Waals surface area contributed by atoms with Crippen LogP contribution in [-0.2, 0) is 0 Å². The van der Waals surface area contributed by atoms with Crippen molar-refractivity contribution >= 4 is 26.9 Å². The lowest BCUT2D eigenvalue weighted by Gasteiger charge is -2.40. The SMILES string of the molecule is [C-]#[N+]c1ccc(-c2c(-c3ccc(S(F)(F)(F)(F)F)cc3)c3c(c(-c4ccc(C)cc4)c(-c4ccc(C#N)cc4)n3-c3ccc(C)cc3)n2-c2ccc(C)cc2)cc1. The van der Waals surface area contributed by atoms with Crippen molar-refractivity contribution in [2.45, 2.75) is 25.7 Å². The van der Waals surface area contributed by atoms with Gasteiger partial charge in [-0.3, -0.25) is 0 Å². The molecule has 10 heteroatoms. The summed E-state index contributed by atoms with van der Waals surface area (Å²) in [6, 6.07) is 43.3. The number of aryl methyl sites for hydroxylation is 3. The molecule has 0 saturated heterocycles. The van der Waals surface area contributed by atoms with Gasteiger partial charge in [0.1, 0.15) is 4.90 Å². The molecule has 0 spiro atoms. The number of fused-ring (bicyclic) bond motifs is 1. The van der Waals surface area contributed by atoms with Crippen molar-refractivity contribution in [1.82, 2.24) is 9.13 Å². The summed E-state index contributed by atoms with van der Waals surface area (Å²) in [5, 5.41) is 9.73. The highest BCUT2D eigenvalue weighted by Crippen LogP contribution is 3.02. The summed E-state index contributed by atoms with van der Waals surface area (Å²) in [5.41, 5.74) is 11.9. The average Bonchev–Trinajstić information content (AvgIpc) is 3.71. The molecule has 0 fully saturated rings. The number of hydrogen-bond donors (Lipinski definition) is 0. The van der Waals surface area contributed by atoms with Crippen LogP contribution in [-0.4, -0.2) is 9.13 Å². The third-order valence-corrected chi connectivity index (χ3v) is 11.3. The molecule has 2 heterocycles. The number of hydrogen-bond acceptors (Lipinski definition) is 1. The maximum atomic E-state index is 14.2. The smallest absolute Gasteiger partial charge is 0.306 e. The summed E-state index contributed by atoms with van der Waals surface area (Å²) in [7, 11) is -10.0. The van der Waals surface area contributed by atoms with Gasteiger partial charge in [0, 0.05) is 22.5 Å². The molecule has 0 saturated carbocycles. The number of benzene rings is 6. The Morgan fingerprint density at radius 2 is 0.842 bits per heavy atom. The Morgan fingerprint density at radius 1 is 0.491 bits per heavy atom. The fourth-order valence-electron chi connectivity index (χ4n) is 7.34. The molecule has 0 radical (unpaired) electrons. The number of nitrogens with zero attached hydrogens (tertiary/aromatic N) is 4. The van der Waals surface area contributed by atoms with Gasteiger partial charge in [0.15, 0.2) is 5.69 Å². The molecule has 0 aliphatic heterocycles. The predicted molar refractivity (Wildman–Crippen MR) is 221 cm³/mol. The lowest BCUT2D eigenvalue weighted by atomic mass is 9.98. The van der Waals surface area contributed by atoms with Crippen LogP contribution >= 0.6 is 10.2 Å². The second-order valence-corrected chi connectivity index (χ2v) is 16.6. The molecule has 0 N–H and O–H groups in total. The lowest BCUT2D eigenvalue weighted by molar-refractivity contribution is 0.364. The molecule has 0 atom stereocenters. The van der Waals surface area contributed by atoms with Crippen molar-refractivity contribution in [3.05, 3.63) is 179 Å². The number of aromatic nitrogens is 2. The van der Waals surface area contributed by atoms with E-state index in [1.54, 1.807) is 36.4 Å². The van der Waals surface area contributed by atoms with Gasteiger partial charge in [0.05, 0.1) is 40.6 Å². The minimum atomic E-state index is -10.0. The summed E-state index contributed by atoms with van der Waals surface area (Å²) in [6.07, 6.45) is 0. The zero-order valence-electron chi connectivity index (χ0n) is 30.9. The molecule has 4 nitrogen and oxygen atoms in total. The number of halogens is 5. The van der Waals surface area contributed by atoms with Crippen molar-refractivity contribution in [3.8, 4) is 62.2 Å². The summed E-state index contributed by atoms with van der Waals surface area (Å²) in [4.78, 5) is 1.60. The monoisotopic (exact) mass is 780 g/mol. The fraction of sp³-hybridized carbons (Fsp3) is 0.0638. The lowest BCUT2D eigenvalue weighted by Crippen LogP contribution is -2.05. The first-order valence-corrected chi connectivity index (χ1v) is 19.9. The first-order chi connectivity index (χ1) is 27.0. The predicted octanol–water partition coefficient (Wildman–Crippen LogP) is 15.1. The normalized spacial score (nSPS) is 12.8. The van der Waals surface area contributed by atoms with Crippen LogP contribution in [0.1, 0.15) is 22.3 Å². The zero-order valence-corrected chi connectivity index (χ0v) is 31.8. The van der Waals surface area contributed by atoms with E-state index < -0.39 is 15.1 Å². The van der Waals surface area contributed by atoms with E-state index in [4.69, 9.17) is 6.57 Å². The molecule has 8 aromatic rings. The molecule has 2 aromatic heterocycles. The van der Waals surface area contributed by atoms with Crippen molar-refractivity contribution in [1.29, 1.82) is 5.26 Å². The summed E-state index contributed by atoms with van der Waals surface area (Å²) < 4.78 is 75.1. The molecular weight excluding hydrogens is 748 g/mol. The van der Waals surface area contributed by atoms with Crippen LogP contribution in [0.2, 0.25) is 0 Å². The van der Waals surface area contributed by atoms with E-state index >= 15 is 0 Å². The highest BCUT2D eigenvalue weighted by Gasteiger charge is 2.65. The Balaban J connectivity index is 1.66. The quantitative estimate of drug-likeness (QED) is 0.117. The van der Waals surface area contributed by atoms with E-state index in [0.717, 1.165) is 62.6 Å². The van der Waals surface area contributed by atoms with Gasteiger partial charge in [-0.25, -0.2) is 4.85 Å². The van der Waals surface area contributed by atoms with E-state index in [9.17, 15) is 24.7 Å². The Kier molecular flexibility index (Phi) is 8.35. The van der Waals surface area contributed by atoms with Crippen LogP contribution in [0.5, 0.6) is 0 Å². The maximum Gasteiger partial charge on any atom is 0.310 e. The molecule has 0 aliphatic carbocycles. The molecule has 57 heavy (non-hydrogen) atoms. The second kappa shape index (κ2) is 12.8. The van der Waals surface area contributed by atoms with Crippen molar-refractivity contribution < 1.29 is 19.4 Å².